The van der Waals surface area contributed by atoms with Crippen LogP contribution < -0.4 is 10.6 Å². The molecular formula is C13H22N2O4. The van der Waals surface area contributed by atoms with E-state index in [0.717, 1.165) is 38.7 Å². The number of rotatable bonds is 4. The van der Waals surface area contributed by atoms with E-state index in [1.807, 2.05) is 0 Å². The zero-order valence-corrected chi connectivity index (χ0v) is 11.1. The smallest absolute Gasteiger partial charge is 0.329 e. The molecule has 19 heavy (non-hydrogen) atoms. The molecule has 2 rings (SSSR count). The summed E-state index contributed by atoms with van der Waals surface area (Å²) in [5.74, 6) is -0.931. The molecule has 0 spiro atoms. The predicted molar refractivity (Wildman–Crippen MR) is 69.0 cm³/mol. The molecule has 1 heterocycles. The SMILES string of the molecule is O=C(NCC1CCCO1)NC1(C(=O)O)CCCCC1. The lowest BCUT2D eigenvalue weighted by molar-refractivity contribution is -0.145. The van der Waals surface area contributed by atoms with Gasteiger partial charge >= 0.3 is 12.0 Å². The topological polar surface area (TPSA) is 87.7 Å². The first-order chi connectivity index (χ1) is 9.12. The second-order valence-electron chi connectivity index (χ2n) is 5.42. The monoisotopic (exact) mass is 270 g/mol. The Labute approximate surface area is 112 Å². The van der Waals surface area contributed by atoms with E-state index in [0.29, 0.717) is 19.4 Å². The lowest BCUT2D eigenvalue weighted by Crippen LogP contribution is -2.58. The Morgan fingerprint density at radius 3 is 2.53 bits per heavy atom. The molecule has 1 aliphatic carbocycles. The maximum atomic E-state index is 11.8. The zero-order chi connectivity index (χ0) is 13.7. The van der Waals surface area contributed by atoms with Gasteiger partial charge in [-0.05, 0) is 25.7 Å². The normalized spacial score (nSPS) is 25.8. The van der Waals surface area contributed by atoms with Crippen molar-refractivity contribution < 1.29 is 19.4 Å². The van der Waals surface area contributed by atoms with E-state index >= 15 is 0 Å². The minimum absolute atomic E-state index is 0.0675. The van der Waals surface area contributed by atoms with Crippen LogP contribution in [0.5, 0.6) is 0 Å². The molecule has 1 atom stereocenters. The van der Waals surface area contributed by atoms with Gasteiger partial charge in [0, 0.05) is 13.2 Å². The molecule has 2 aliphatic rings. The van der Waals surface area contributed by atoms with Gasteiger partial charge < -0.3 is 20.5 Å². The van der Waals surface area contributed by atoms with Gasteiger partial charge in [0.1, 0.15) is 5.54 Å². The summed E-state index contributed by atoms with van der Waals surface area (Å²) in [6.45, 7) is 1.19. The Hall–Kier alpha value is -1.30. The summed E-state index contributed by atoms with van der Waals surface area (Å²) in [5, 5.41) is 14.7. The molecular weight excluding hydrogens is 248 g/mol. The molecule has 108 valence electrons. The highest BCUT2D eigenvalue weighted by molar-refractivity contribution is 5.86. The van der Waals surface area contributed by atoms with Crippen molar-refractivity contribution in [2.24, 2.45) is 0 Å². The average Bonchev–Trinajstić information content (AvgIpc) is 2.90. The highest BCUT2D eigenvalue weighted by Gasteiger charge is 2.41. The summed E-state index contributed by atoms with van der Waals surface area (Å²) < 4.78 is 5.41. The van der Waals surface area contributed by atoms with Crippen molar-refractivity contribution in [3.8, 4) is 0 Å². The van der Waals surface area contributed by atoms with Gasteiger partial charge in [-0.3, -0.25) is 0 Å². The fourth-order valence-corrected chi connectivity index (χ4v) is 2.82. The lowest BCUT2D eigenvalue weighted by atomic mass is 9.82. The van der Waals surface area contributed by atoms with Crippen molar-refractivity contribution in [2.45, 2.75) is 56.6 Å². The Kier molecular flexibility index (Phi) is 4.63. The van der Waals surface area contributed by atoms with Gasteiger partial charge in [-0.25, -0.2) is 9.59 Å². The molecule has 1 aliphatic heterocycles. The van der Waals surface area contributed by atoms with Crippen molar-refractivity contribution in [1.29, 1.82) is 0 Å². The first-order valence-corrected chi connectivity index (χ1v) is 7.03. The number of hydrogen-bond donors (Lipinski definition) is 3. The van der Waals surface area contributed by atoms with Crippen LogP contribution in [0.15, 0.2) is 0 Å². The van der Waals surface area contributed by atoms with E-state index < -0.39 is 17.5 Å². The van der Waals surface area contributed by atoms with Crippen molar-refractivity contribution in [1.82, 2.24) is 10.6 Å². The third-order valence-electron chi connectivity index (χ3n) is 3.98. The summed E-state index contributed by atoms with van der Waals surface area (Å²) in [4.78, 5) is 23.2. The van der Waals surface area contributed by atoms with Gasteiger partial charge in [0.2, 0.25) is 0 Å². The van der Waals surface area contributed by atoms with E-state index in [4.69, 9.17) is 4.74 Å². The third kappa shape index (κ3) is 3.59. The minimum atomic E-state index is -1.08. The Morgan fingerprint density at radius 1 is 1.21 bits per heavy atom. The van der Waals surface area contributed by atoms with Crippen LogP contribution >= 0.6 is 0 Å². The average molecular weight is 270 g/mol. The first kappa shape index (κ1) is 14.1. The number of carbonyl (C=O) groups is 2. The molecule has 1 unspecified atom stereocenters. The molecule has 2 amide bonds. The van der Waals surface area contributed by atoms with Gasteiger partial charge in [0.15, 0.2) is 0 Å². The van der Waals surface area contributed by atoms with Crippen LogP contribution in [0.25, 0.3) is 0 Å². The maximum Gasteiger partial charge on any atom is 0.329 e. The quantitative estimate of drug-likeness (QED) is 0.717. The van der Waals surface area contributed by atoms with Crippen molar-refractivity contribution in [3.05, 3.63) is 0 Å². The van der Waals surface area contributed by atoms with Crippen LogP contribution in [-0.2, 0) is 9.53 Å². The van der Waals surface area contributed by atoms with Gasteiger partial charge in [-0.1, -0.05) is 19.3 Å². The Balaban J connectivity index is 1.82. The van der Waals surface area contributed by atoms with Gasteiger partial charge in [0.25, 0.3) is 0 Å². The second kappa shape index (κ2) is 6.23. The van der Waals surface area contributed by atoms with Crippen molar-refractivity contribution in [2.75, 3.05) is 13.2 Å². The summed E-state index contributed by atoms with van der Waals surface area (Å²) in [7, 11) is 0. The fraction of sp³-hybridized carbons (Fsp3) is 0.846. The minimum Gasteiger partial charge on any atom is -0.480 e. The molecule has 6 heteroatoms. The molecule has 0 aromatic heterocycles. The second-order valence-corrected chi connectivity index (χ2v) is 5.42. The molecule has 0 aromatic rings. The van der Waals surface area contributed by atoms with Gasteiger partial charge in [0.05, 0.1) is 6.10 Å². The number of hydrogen-bond acceptors (Lipinski definition) is 3. The number of aliphatic carboxylic acids is 1. The van der Waals surface area contributed by atoms with Crippen LogP contribution in [0, 0.1) is 0 Å². The number of amides is 2. The fourth-order valence-electron chi connectivity index (χ4n) is 2.82. The molecule has 6 nitrogen and oxygen atoms in total. The number of carboxylic acids is 1. The predicted octanol–water partition coefficient (Wildman–Crippen LogP) is 1.25. The Morgan fingerprint density at radius 2 is 1.95 bits per heavy atom. The van der Waals surface area contributed by atoms with Gasteiger partial charge in [-0.2, -0.15) is 0 Å². The van der Waals surface area contributed by atoms with Crippen LogP contribution in [0.2, 0.25) is 0 Å². The van der Waals surface area contributed by atoms with E-state index in [-0.39, 0.29) is 6.10 Å². The third-order valence-corrected chi connectivity index (χ3v) is 3.98. The Bertz CT molecular complexity index is 334. The van der Waals surface area contributed by atoms with Crippen LogP contribution in [0.4, 0.5) is 4.79 Å². The number of ether oxygens (including phenoxy) is 1. The molecule has 1 saturated carbocycles. The van der Waals surface area contributed by atoms with Crippen molar-refractivity contribution >= 4 is 12.0 Å². The van der Waals surface area contributed by atoms with E-state index in [2.05, 4.69) is 10.6 Å². The molecule has 0 bridgehead atoms. The maximum absolute atomic E-state index is 11.8. The van der Waals surface area contributed by atoms with E-state index in [1.54, 1.807) is 0 Å². The molecule has 3 N–H and O–H groups in total. The largest absolute Gasteiger partial charge is 0.480 e. The summed E-state index contributed by atoms with van der Waals surface area (Å²) in [6.07, 6.45) is 5.78. The van der Waals surface area contributed by atoms with Crippen LogP contribution in [0.1, 0.15) is 44.9 Å². The molecule has 2 fully saturated rings. The standard InChI is InChI=1S/C13H22N2O4/c16-11(17)13(6-2-1-3-7-13)15-12(18)14-9-10-5-4-8-19-10/h10H,1-9H2,(H,16,17)(H2,14,15,18). The number of carboxylic acid groups (broad SMARTS) is 1. The molecule has 0 aromatic carbocycles. The lowest BCUT2D eigenvalue weighted by Gasteiger charge is -2.34. The highest BCUT2D eigenvalue weighted by Crippen LogP contribution is 2.28. The number of carbonyl (C=O) groups excluding carboxylic acids is 1. The van der Waals surface area contributed by atoms with Crippen molar-refractivity contribution in [3.63, 3.8) is 0 Å². The first-order valence-electron chi connectivity index (χ1n) is 7.03. The van der Waals surface area contributed by atoms with Gasteiger partial charge in [-0.15, -0.1) is 0 Å². The van der Waals surface area contributed by atoms with Crippen LogP contribution in [-0.4, -0.2) is 41.9 Å². The zero-order valence-electron chi connectivity index (χ0n) is 11.1. The van der Waals surface area contributed by atoms with E-state index in [1.165, 1.54) is 0 Å². The van der Waals surface area contributed by atoms with Crippen LogP contribution in [0.3, 0.4) is 0 Å². The number of nitrogens with one attached hydrogen (secondary N) is 2. The summed E-state index contributed by atoms with van der Waals surface area (Å²) in [6, 6.07) is -0.403. The van der Waals surface area contributed by atoms with E-state index in [9.17, 15) is 14.7 Å². The summed E-state index contributed by atoms with van der Waals surface area (Å²) >= 11 is 0. The number of urea groups is 1. The highest BCUT2D eigenvalue weighted by atomic mass is 16.5. The summed E-state index contributed by atoms with van der Waals surface area (Å²) in [5.41, 5.74) is -1.08. The molecule has 1 saturated heterocycles. The molecule has 0 radical (unpaired) electrons.